The largest absolute Gasteiger partial charge is 0.335 e. The van der Waals surface area contributed by atoms with Crippen molar-refractivity contribution < 1.29 is 4.79 Å². The fraction of sp³-hybridized carbons (Fsp3) is 0.733. The lowest BCUT2D eigenvalue weighted by Gasteiger charge is -2.38. The van der Waals surface area contributed by atoms with Gasteiger partial charge in [-0.2, -0.15) is 0 Å². The molecule has 1 heterocycles. The quantitative estimate of drug-likeness (QED) is 0.725. The minimum Gasteiger partial charge on any atom is -0.335 e. The van der Waals surface area contributed by atoms with Crippen LogP contribution in [0.2, 0.25) is 0 Å². The second-order valence-electron chi connectivity index (χ2n) is 5.03. The highest BCUT2D eigenvalue weighted by atomic mass is 16.1. The Kier molecular flexibility index (Phi) is 5.73. The summed E-state index contributed by atoms with van der Waals surface area (Å²) in [5.74, 6) is 1.14. The number of aryl methyl sites for hydroxylation is 1. The number of nitrogens with zero attached hydrogens (tertiary/aromatic N) is 3. The van der Waals surface area contributed by atoms with Gasteiger partial charge < -0.3 is 4.57 Å². The smallest absolute Gasteiger partial charge is 0.160 e. The number of Topliss-reactive ketones (excluding diaryl/α,β-unsaturated/α-hetero) is 1. The third kappa shape index (κ3) is 3.24. The molecule has 0 aliphatic heterocycles. The van der Waals surface area contributed by atoms with Gasteiger partial charge in [-0.1, -0.05) is 20.8 Å². The second kappa shape index (κ2) is 6.85. The predicted octanol–water partition coefficient (Wildman–Crippen LogP) is 2.53. The maximum Gasteiger partial charge on any atom is 0.160 e. The number of ketones is 1. The van der Waals surface area contributed by atoms with Gasteiger partial charge in [0.25, 0.3) is 0 Å². The fourth-order valence-corrected chi connectivity index (χ4v) is 2.65. The Hall–Kier alpha value is -1.16. The van der Waals surface area contributed by atoms with Crippen molar-refractivity contribution in [1.29, 1.82) is 0 Å². The molecule has 1 rings (SSSR count). The minimum atomic E-state index is -0.381. The third-order valence-electron chi connectivity index (χ3n) is 4.21. The number of carbonyl (C=O) groups excluding carboxylic acids is 1. The van der Waals surface area contributed by atoms with Crippen molar-refractivity contribution in [2.45, 2.75) is 59.5 Å². The predicted molar refractivity (Wildman–Crippen MR) is 78.2 cm³/mol. The summed E-state index contributed by atoms with van der Waals surface area (Å²) < 4.78 is 2.04. The lowest BCUT2D eigenvalue weighted by Crippen LogP contribution is -2.52. The van der Waals surface area contributed by atoms with Crippen LogP contribution in [0.25, 0.3) is 0 Å². The van der Waals surface area contributed by atoms with Gasteiger partial charge in [0.15, 0.2) is 5.78 Å². The first-order valence-corrected chi connectivity index (χ1v) is 7.31. The maximum absolute atomic E-state index is 12.7. The molecule has 0 N–H and O–H groups in total. The molecule has 0 radical (unpaired) electrons. The molecule has 4 nitrogen and oxygen atoms in total. The fourth-order valence-electron chi connectivity index (χ4n) is 2.65. The Labute approximate surface area is 116 Å². The Morgan fingerprint density at radius 2 is 1.95 bits per heavy atom. The highest BCUT2D eigenvalue weighted by Crippen LogP contribution is 2.22. The van der Waals surface area contributed by atoms with Crippen molar-refractivity contribution in [2.24, 2.45) is 0 Å². The number of aromatic nitrogens is 2. The van der Waals surface area contributed by atoms with Crippen molar-refractivity contribution in [1.82, 2.24) is 14.5 Å². The summed E-state index contributed by atoms with van der Waals surface area (Å²) in [6.07, 6.45) is 4.96. The average molecular weight is 265 g/mol. The highest BCUT2D eigenvalue weighted by Gasteiger charge is 2.36. The zero-order valence-corrected chi connectivity index (χ0v) is 12.9. The van der Waals surface area contributed by atoms with E-state index >= 15 is 0 Å². The molecule has 1 atom stereocenters. The number of imidazole rings is 1. The molecule has 0 amide bonds. The molecule has 1 unspecified atom stereocenters. The molecule has 0 saturated heterocycles. The second-order valence-corrected chi connectivity index (χ2v) is 5.03. The minimum absolute atomic E-state index is 0.264. The van der Waals surface area contributed by atoms with E-state index in [9.17, 15) is 4.79 Å². The van der Waals surface area contributed by atoms with Crippen molar-refractivity contribution in [3.8, 4) is 0 Å². The summed E-state index contributed by atoms with van der Waals surface area (Å²) in [7, 11) is 0. The van der Waals surface area contributed by atoms with Gasteiger partial charge in [0.2, 0.25) is 0 Å². The topological polar surface area (TPSA) is 38.1 Å². The Balaban J connectivity index is 2.90. The molecule has 19 heavy (non-hydrogen) atoms. The molecule has 0 bridgehead atoms. The van der Waals surface area contributed by atoms with Crippen LogP contribution < -0.4 is 0 Å². The number of hydrogen-bond acceptors (Lipinski definition) is 3. The molecule has 0 fully saturated rings. The maximum atomic E-state index is 12.7. The summed E-state index contributed by atoms with van der Waals surface area (Å²) in [4.78, 5) is 19.2. The molecule has 0 spiro atoms. The number of hydrogen-bond donors (Lipinski definition) is 0. The van der Waals surface area contributed by atoms with Gasteiger partial charge in [-0.05, 0) is 33.4 Å². The van der Waals surface area contributed by atoms with Crippen LogP contribution in [0.15, 0.2) is 12.4 Å². The van der Waals surface area contributed by atoms with E-state index in [0.29, 0.717) is 6.42 Å². The highest BCUT2D eigenvalue weighted by molar-refractivity contribution is 5.89. The molecule has 0 aromatic carbocycles. The summed E-state index contributed by atoms with van der Waals surface area (Å²) in [5, 5.41) is 0. The van der Waals surface area contributed by atoms with Gasteiger partial charge in [-0.15, -0.1) is 0 Å². The Bertz CT molecular complexity index is 409. The van der Waals surface area contributed by atoms with Crippen LogP contribution in [0.5, 0.6) is 0 Å². The average Bonchev–Trinajstić information content (AvgIpc) is 2.86. The molecule has 108 valence electrons. The molecule has 1 aromatic rings. The zero-order valence-electron chi connectivity index (χ0n) is 12.9. The van der Waals surface area contributed by atoms with Crippen LogP contribution in [0.4, 0.5) is 0 Å². The summed E-state index contributed by atoms with van der Waals surface area (Å²) >= 11 is 0. The Morgan fingerprint density at radius 3 is 2.42 bits per heavy atom. The van der Waals surface area contributed by atoms with E-state index in [4.69, 9.17) is 0 Å². The molecule has 4 heteroatoms. The first-order chi connectivity index (χ1) is 9.03. The van der Waals surface area contributed by atoms with Crippen molar-refractivity contribution in [3.63, 3.8) is 0 Å². The number of rotatable bonds is 8. The standard InChI is InChI=1S/C15H27N3O/c1-6-15(5,18(8-3)9-4)13(19)12-14-16-10-11-17(14)7-2/h10-11H,6-9,12H2,1-5H3. The zero-order chi connectivity index (χ0) is 14.5. The lowest BCUT2D eigenvalue weighted by atomic mass is 9.88. The van der Waals surface area contributed by atoms with Gasteiger partial charge in [-0.3, -0.25) is 9.69 Å². The van der Waals surface area contributed by atoms with Crippen LogP contribution in [0, 0.1) is 0 Å². The molecular formula is C15H27N3O. The van der Waals surface area contributed by atoms with E-state index in [0.717, 1.165) is 31.9 Å². The third-order valence-corrected chi connectivity index (χ3v) is 4.21. The molecule has 0 aliphatic rings. The molecular weight excluding hydrogens is 238 g/mol. The van der Waals surface area contributed by atoms with Crippen molar-refractivity contribution in [3.05, 3.63) is 18.2 Å². The van der Waals surface area contributed by atoms with Gasteiger partial charge in [0, 0.05) is 18.9 Å². The monoisotopic (exact) mass is 265 g/mol. The Morgan fingerprint density at radius 1 is 1.32 bits per heavy atom. The van der Waals surface area contributed by atoms with Crippen LogP contribution in [0.3, 0.4) is 0 Å². The summed E-state index contributed by atoms with van der Waals surface area (Å²) in [5.41, 5.74) is -0.381. The van der Waals surface area contributed by atoms with Gasteiger partial charge >= 0.3 is 0 Å². The van der Waals surface area contributed by atoms with E-state index in [-0.39, 0.29) is 11.3 Å². The van der Waals surface area contributed by atoms with Gasteiger partial charge in [0.1, 0.15) is 5.82 Å². The first kappa shape index (κ1) is 15.9. The summed E-state index contributed by atoms with van der Waals surface area (Å²) in [6, 6.07) is 0. The van der Waals surface area contributed by atoms with E-state index in [2.05, 4.69) is 44.5 Å². The van der Waals surface area contributed by atoms with Crippen molar-refractivity contribution >= 4 is 5.78 Å². The SMILES string of the molecule is CCN(CC)C(C)(CC)C(=O)Cc1nccn1CC. The molecule has 0 saturated carbocycles. The lowest BCUT2D eigenvalue weighted by molar-refractivity contribution is -0.130. The number of likely N-dealkylation sites (N-methyl/N-ethyl adjacent to an activating group) is 1. The number of carbonyl (C=O) groups is 1. The normalized spacial score (nSPS) is 14.6. The van der Waals surface area contributed by atoms with Crippen molar-refractivity contribution in [2.75, 3.05) is 13.1 Å². The van der Waals surface area contributed by atoms with Crippen LogP contribution >= 0.6 is 0 Å². The van der Waals surface area contributed by atoms with Crippen LogP contribution in [0.1, 0.15) is 46.9 Å². The van der Waals surface area contributed by atoms with E-state index in [1.165, 1.54) is 0 Å². The molecule has 1 aromatic heterocycles. The summed E-state index contributed by atoms with van der Waals surface area (Å²) in [6.45, 7) is 13.1. The van der Waals surface area contributed by atoms with Gasteiger partial charge in [0.05, 0.1) is 12.0 Å². The van der Waals surface area contributed by atoms with E-state index in [1.54, 1.807) is 6.20 Å². The van der Waals surface area contributed by atoms with E-state index in [1.807, 2.05) is 10.8 Å². The van der Waals surface area contributed by atoms with E-state index < -0.39 is 0 Å². The van der Waals surface area contributed by atoms with Crippen LogP contribution in [-0.4, -0.2) is 38.9 Å². The van der Waals surface area contributed by atoms with Crippen LogP contribution in [-0.2, 0) is 17.8 Å². The van der Waals surface area contributed by atoms with Gasteiger partial charge in [-0.25, -0.2) is 4.98 Å². The first-order valence-electron chi connectivity index (χ1n) is 7.31. The molecule has 0 aliphatic carbocycles.